The molecule has 2 aromatic rings. The van der Waals surface area contributed by atoms with Gasteiger partial charge in [-0.05, 0) is 35.9 Å². The Balaban J connectivity index is 1.99. The second-order valence-electron chi connectivity index (χ2n) is 4.52. The molecular weight excluding hydrogens is 299 g/mol. The van der Waals surface area contributed by atoms with Crippen LogP contribution in [0, 0.1) is 5.82 Å². The van der Waals surface area contributed by atoms with Crippen LogP contribution >= 0.6 is 0 Å². The molecule has 23 heavy (non-hydrogen) atoms. The van der Waals surface area contributed by atoms with Crippen molar-refractivity contribution in [2.24, 2.45) is 0 Å². The fraction of sp³-hybridized carbons (Fsp3) is 0.0588. The number of nitrogens with one attached hydrogen (secondary N) is 2. The molecule has 6 heteroatoms. The van der Waals surface area contributed by atoms with E-state index >= 15 is 0 Å². The van der Waals surface area contributed by atoms with Crippen LogP contribution in [0.15, 0.2) is 54.7 Å². The maximum atomic E-state index is 13.0. The van der Waals surface area contributed by atoms with Crippen LogP contribution in [0.5, 0.6) is 0 Å². The summed E-state index contributed by atoms with van der Waals surface area (Å²) in [7, 11) is 1.26. The molecule has 2 rings (SSSR count). The zero-order valence-electron chi connectivity index (χ0n) is 12.4. The van der Waals surface area contributed by atoms with E-state index in [0.29, 0.717) is 11.3 Å². The van der Waals surface area contributed by atoms with Gasteiger partial charge in [-0.2, -0.15) is 0 Å². The third-order valence-electron chi connectivity index (χ3n) is 2.92. The minimum atomic E-state index is -0.545. The van der Waals surface area contributed by atoms with Gasteiger partial charge in [0, 0.05) is 6.20 Å². The predicted molar refractivity (Wildman–Crippen MR) is 85.4 cm³/mol. The third-order valence-corrected chi connectivity index (χ3v) is 2.92. The van der Waals surface area contributed by atoms with Gasteiger partial charge in [0.15, 0.2) is 0 Å². The number of anilines is 1. The van der Waals surface area contributed by atoms with Crippen LogP contribution in [0.2, 0.25) is 0 Å². The Morgan fingerprint density at radius 1 is 1.13 bits per heavy atom. The number of benzene rings is 2. The van der Waals surface area contributed by atoms with Crippen LogP contribution in [0.1, 0.15) is 15.9 Å². The molecule has 0 spiro atoms. The van der Waals surface area contributed by atoms with Gasteiger partial charge in [0.2, 0.25) is 0 Å². The van der Waals surface area contributed by atoms with Crippen molar-refractivity contribution in [3.8, 4) is 0 Å². The van der Waals surface area contributed by atoms with Gasteiger partial charge >= 0.3 is 12.0 Å². The van der Waals surface area contributed by atoms with Gasteiger partial charge in [0.25, 0.3) is 0 Å². The van der Waals surface area contributed by atoms with E-state index in [1.807, 2.05) is 0 Å². The summed E-state index contributed by atoms with van der Waals surface area (Å²) in [4.78, 5) is 23.4. The van der Waals surface area contributed by atoms with Gasteiger partial charge < -0.3 is 15.4 Å². The number of methoxy groups -OCH3 is 1. The molecule has 0 fully saturated rings. The maximum absolute atomic E-state index is 13.0. The molecule has 0 saturated carbocycles. The second-order valence-corrected chi connectivity index (χ2v) is 4.52. The lowest BCUT2D eigenvalue weighted by Crippen LogP contribution is -2.25. The molecule has 0 saturated heterocycles. The van der Waals surface area contributed by atoms with Crippen molar-refractivity contribution in [1.29, 1.82) is 0 Å². The Hall–Kier alpha value is -3.15. The number of hydrogen-bond donors (Lipinski definition) is 2. The SMILES string of the molecule is COC(=O)c1ccccc1NC(=O)N/C=C/c1cccc(F)c1. The zero-order chi connectivity index (χ0) is 16.7. The van der Waals surface area contributed by atoms with Crippen LogP contribution in [0.4, 0.5) is 14.9 Å². The molecule has 0 unspecified atom stereocenters. The van der Waals surface area contributed by atoms with E-state index < -0.39 is 12.0 Å². The molecule has 118 valence electrons. The fourth-order valence-electron chi connectivity index (χ4n) is 1.86. The molecule has 2 N–H and O–H groups in total. The highest BCUT2D eigenvalue weighted by atomic mass is 19.1. The summed E-state index contributed by atoms with van der Waals surface area (Å²) in [5, 5.41) is 5.03. The number of carbonyl (C=O) groups excluding carboxylic acids is 2. The highest BCUT2D eigenvalue weighted by Gasteiger charge is 2.12. The number of para-hydroxylation sites is 1. The van der Waals surface area contributed by atoms with Crippen LogP contribution in [-0.2, 0) is 4.74 Å². The third kappa shape index (κ3) is 4.67. The second kappa shape index (κ2) is 7.74. The van der Waals surface area contributed by atoms with Gasteiger partial charge in [-0.15, -0.1) is 0 Å². The molecule has 0 bridgehead atoms. The molecule has 2 aromatic carbocycles. The fourth-order valence-corrected chi connectivity index (χ4v) is 1.86. The number of ether oxygens (including phenoxy) is 1. The zero-order valence-corrected chi connectivity index (χ0v) is 12.4. The minimum absolute atomic E-state index is 0.249. The predicted octanol–water partition coefficient (Wildman–Crippen LogP) is 3.40. The van der Waals surface area contributed by atoms with Crippen LogP contribution in [0.25, 0.3) is 6.08 Å². The Bertz CT molecular complexity index is 744. The van der Waals surface area contributed by atoms with Crippen LogP contribution in [-0.4, -0.2) is 19.1 Å². The summed E-state index contributed by atoms with van der Waals surface area (Å²) in [6.45, 7) is 0. The van der Waals surface area contributed by atoms with E-state index in [-0.39, 0.29) is 11.4 Å². The number of rotatable bonds is 4. The number of hydrogen-bond acceptors (Lipinski definition) is 3. The first-order chi connectivity index (χ1) is 11.1. The van der Waals surface area contributed by atoms with Crippen molar-refractivity contribution in [2.45, 2.75) is 0 Å². The molecule has 0 radical (unpaired) electrons. The summed E-state index contributed by atoms with van der Waals surface area (Å²) in [5.41, 5.74) is 1.19. The van der Waals surface area contributed by atoms with Gasteiger partial charge in [0.05, 0.1) is 18.4 Å². The largest absolute Gasteiger partial charge is 0.465 e. The first-order valence-corrected chi connectivity index (χ1v) is 6.77. The smallest absolute Gasteiger partial charge is 0.339 e. The van der Waals surface area contributed by atoms with Crippen molar-refractivity contribution in [1.82, 2.24) is 5.32 Å². The normalized spacial score (nSPS) is 10.3. The first-order valence-electron chi connectivity index (χ1n) is 6.77. The van der Waals surface area contributed by atoms with Gasteiger partial charge in [-0.3, -0.25) is 0 Å². The summed E-state index contributed by atoms with van der Waals surface area (Å²) in [6, 6.07) is 11.9. The summed E-state index contributed by atoms with van der Waals surface area (Å²) < 4.78 is 17.7. The molecule has 5 nitrogen and oxygen atoms in total. The number of halogens is 1. The highest BCUT2D eigenvalue weighted by molar-refractivity contribution is 6.01. The monoisotopic (exact) mass is 314 g/mol. The molecule has 0 atom stereocenters. The maximum Gasteiger partial charge on any atom is 0.339 e. The number of carbonyl (C=O) groups is 2. The molecule has 0 aromatic heterocycles. The lowest BCUT2D eigenvalue weighted by atomic mass is 10.2. The van der Waals surface area contributed by atoms with Gasteiger partial charge in [0.1, 0.15) is 5.82 Å². The van der Waals surface area contributed by atoms with Crippen molar-refractivity contribution < 1.29 is 18.7 Å². The van der Waals surface area contributed by atoms with Gasteiger partial charge in [-0.1, -0.05) is 24.3 Å². The van der Waals surface area contributed by atoms with E-state index in [4.69, 9.17) is 0 Å². The lowest BCUT2D eigenvalue weighted by molar-refractivity contribution is 0.0602. The number of esters is 1. The Kier molecular flexibility index (Phi) is 5.46. The quantitative estimate of drug-likeness (QED) is 0.850. The van der Waals surface area contributed by atoms with Crippen molar-refractivity contribution in [3.63, 3.8) is 0 Å². The van der Waals surface area contributed by atoms with Gasteiger partial charge in [-0.25, -0.2) is 14.0 Å². The average Bonchev–Trinajstić information content (AvgIpc) is 2.55. The molecule has 2 amide bonds. The molecule has 0 aliphatic carbocycles. The Morgan fingerprint density at radius 3 is 2.65 bits per heavy atom. The van der Waals surface area contributed by atoms with Crippen molar-refractivity contribution in [3.05, 3.63) is 71.7 Å². The standard InChI is InChI=1S/C17H15FN2O3/c1-23-16(21)14-7-2-3-8-15(14)20-17(22)19-10-9-12-5-4-6-13(18)11-12/h2-11H,1H3,(H2,19,20,22)/b10-9+. The van der Waals surface area contributed by atoms with Crippen LogP contribution < -0.4 is 10.6 Å². The number of amides is 2. The minimum Gasteiger partial charge on any atom is -0.465 e. The summed E-state index contributed by atoms with van der Waals surface area (Å²) in [5.74, 6) is -0.903. The van der Waals surface area contributed by atoms with Crippen molar-refractivity contribution in [2.75, 3.05) is 12.4 Å². The van der Waals surface area contributed by atoms with Crippen LogP contribution in [0.3, 0.4) is 0 Å². The molecule has 0 aliphatic rings. The van der Waals surface area contributed by atoms with E-state index in [2.05, 4.69) is 15.4 Å². The lowest BCUT2D eigenvalue weighted by Gasteiger charge is -2.09. The first kappa shape index (κ1) is 16.2. The van der Waals surface area contributed by atoms with E-state index in [1.165, 1.54) is 25.4 Å². The Labute approximate surface area is 132 Å². The molecule has 0 heterocycles. The van der Waals surface area contributed by atoms with E-state index in [9.17, 15) is 14.0 Å². The van der Waals surface area contributed by atoms with Crippen molar-refractivity contribution >= 4 is 23.8 Å². The topological polar surface area (TPSA) is 67.4 Å². The average molecular weight is 314 g/mol. The van der Waals surface area contributed by atoms with E-state index in [0.717, 1.165) is 0 Å². The summed E-state index contributed by atoms with van der Waals surface area (Å²) in [6.07, 6.45) is 2.93. The Morgan fingerprint density at radius 2 is 1.91 bits per heavy atom. The van der Waals surface area contributed by atoms with E-state index in [1.54, 1.807) is 42.5 Å². The summed E-state index contributed by atoms with van der Waals surface area (Å²) >= 11 is 0. The molecular formula is C17H15FN2O3. The highest BCUT2D eigenvalue weighted by Crippen LogP contribution is 2.15. The molecule has 0 aliphatic heterocycles. The number of urea groups is 1.